The Morgan fingerprint density at radius 3 is 2.68 bits per heavy atom. The second-order valence-electron chi connectivity index (χ2n) is 4.77. The molecule has 1 heterocycles. The molecule has 0 unspecified atom stereocenters. The molecule has 2 rings (SSSR count). The highest BCUT2D eigenvalue weighted by Gasteiger charge is 2.28. The first-order valence-electron chi connectivity index (χ1n) is 6.34. The Hall–Kier alpha value is -1.95. The summed E-state index contributed by atoms with van der Waals surface area (Å²) in [4.78, 5) is 23.5. The number of rotatable bonds is 5. The number of hydrogen-bond donors (Lipinski definition) is 1. The number of carbonyl (C=O) groups excluding carboxylic acids is 1. The van der Waals surface area contributed by atoms with Gasteiger partial charge in [-0.25, -0.2) is 0 Å². The number of likely N-dealkylation sites (tertiary alicyclic amines) is 1. The van der Waals surface area contributed by atoms with Gasteiger partial charge in [-0.3, -0.25) is 19.8 Å². The fraction of sp³-hybridized carbons (Fsp3) is 0.462. The Bertz CT molecular complexity index is 473. The van der Waals surface area contributed by atoms with Crippen LogP contribution in [0.25, 0.3) is 0 Å². The molecule has 1 amide bonds. The maximum absolute atomic E-state index is 11.2. The number of nitro benzene ring substituents is 1. The van der Waals surface area contributed by atoms with E-state index in [-0.39, 0.29) is 17.6 Å². The van der Waals surface area contributed by atoms with Gasteiger partial charge in [0.2, 0.25) is 5.91 Å². The number of primary amides is 1. The van der Waals surface area contributed by atoms with E-state index in [9.17, 15) is 14.9 Å². The van der Waals surface area contributed by atoms with Crippen molar-refractivity contribution < 1.29 is 9.72 Å². The molecule has 0 spiro atoms. The van der Waals surface area contributed by atoms with E-state index in [0.717, 1.165) is 37.9 Å². The van der Waals surface area contributed by atoms with E-state index < -0.39 is 4.92 Å². The van der Waals surface area contributed by atoms with E-state index in [0.29, 0.717) is 0 Å². The third kappa shape index (κ3) is 3.29. The lowest BCUT2D eigenvalue weighted by Gasteiger charge is -2.21. The van der Waals surface area contributed by atoms with Crippen LogP contribution in [0.2, 0.25) is 0 Å². The predicted octanol–water partition coefficient (Wildman–Crippen LogP) is 1.09. The Kier molecular flexibility index (Phi) is 4.11. The fourth-order valence-electron chi connectivity index (χ4n) is 2.47. The van der Waals surface area contributed by atoms with Crippen LogP contribution in [0.1, 0.15) is 18.4 Å². The summed E-state index contributed by atoms with van der Waals surface area (Å²) < 4.78 is 0. The molecule has 0 aliphatic carbocycles. The van der Waals surface area contributed by atoms with Crippen molar-refractivity contribution in [2.24, 2.45) is 5.73 Å². The van der Waals surface area contributed by atoms with Crippen LogP contribution < -0.4 is 5.73 Å². The highest BCUT2D eigenvalue weighted by atomic mass is 16.6. The van der Waals surface area contributed by atoms with Gasteiger partial charge in [-0.05, 0) is 31.4 Å². The second kappa shape index (κ2) is 5.79. The summed E-state index contributed by atoms with van der Waals surface area (Å²) in [7, 11) is 0. The van der Waals surface area contributed by atoms with Crippen molar-refractivity contribution in [3.63, 3.8) is 0 Å². The Labute approximate surface area is 111 Å². The SMILES string of the molecule is NC(=O)[C@@H]1CCCN1CCc1ccc([N+](=O)[O-])cc1. The topological polar surface area (TPSA) is 89.5 Å². The summed E-state index contributed by atoms with van der Waals surface area (Å²) in [5, 5.41) is 10.5. The lowest BCUT2D eigenvalue weighted by molar-refractivity contribution is -0.384. The van der Waals surface area contributed by atoms with Crippen molar-refractivity contribution in [1.82, 2.24) is 4.90 Å². The molecular formula is C13H17N3O3. The number of hydrogen-bond acceptors (Lipinski definition) is 4. The van der Waals surface area contributed by atoms with Gasteiger partial charge in [0.05, 0.1) is 11.0 Å². The molecule has 1 aromatic carbocycles. The Morgan fingerprint density at radius 2 is 2.11 bits per heavy atom. The molecule has 1 aliphatic rings. The van der Waals surface area contributed by atoms with Crippen molar-refractivity contribution in [2.45, 2.75) is 25.3 Å². The smallest absolute Gasteiger partial charge is 0.269 e. The minimum absolute atomic E-state index is 0.0972. The van der Waals surface area contributed by atoms with Gasteiger partial charge in [0.1, 0.15) is 0 Å². The molecule has 6 nitrogen and oxygen atoms in total. The molecule has 19 heavy (non-hydrogen) atoms. The molecule has 102 valence electrons. The first-order chi connectivity index (χ1) is 9.08. The van der Waals surface area contributed by atoms with Crippen LogP contribution in [0.4, 0.5) is 5.69 Å². The Morgan fingerprint density at radius 1 is 1.42 bits per heavy atom. The predicted molar refractivity (Wildman–Crippen MR) is 70.6 cm³/mol. The zero-order valence-electron chi connectivity index (χ0n) is 10.6. The van der Waals surface area contributed by atoms with Gasteiger partial charge in [-0.1, -0.05) is 12.1 Å². The van der Waals surface area contributed by atoms with E-state index >= 15 is 0 Å². The third-order valence-electron chi connectivity index (χ3n) is 3.53. The summed E-state index contributed by atoms with van der Waals surface area (Å²) in [5.41, 5.74) is 6.48. The van der Waals surface area contributed by atoms with Crippen LogP contribution >= 0.6 is 0 Å². The second-order valence-corrected chi connectivity index (χ2v) is 4.77. The van der Waals surface area contributed by atoms with Crippen molar-refractivity contribution >= 4 is 11.6 Å². The zero-order chi connectivity index (χ0) is 13.8. The van der Waals surface area contributed by atoms with Gasteiger partial charge >= 0.3 is 0 Å². The normalized spacial score (nSPS) is 19.5. The summed E-state index contributed by atoms with van der Waals surface area (Å²) in [5.74, 6) is -0.263. The lowest BCUT2D eigenvalue weighted by Crippen LogP contribution is -2.41. The molecule has 0 aromatic heterocycles. The zero-order valence-corrected chi connectivity index (χ0v) is 10.6. The van der Waals surface area contributed by atoms with Crippen molar-refractivity contribution in [3.05, 3.63) is 39.9 Å². The molecule has 1 aliphatic heterocycles. The average molecular weight is 263 g/mol. The summed E-state index contributed by atoms with van der Waals surface area (Å²) in [6.07, 6.45) is 2.59. The highest BCUT2D eigenvalue weighted by molar-refractivity contribution is 5.80. The molecule has 1 aromatic rings. The quantitative estimate of drug-likeness (QED) is 0.636. The van der Waals surface area contributed by atoms with Gasteiger partial charge < -0.3 is 5.73 Å². The summed E-state index contributed by atoms with van der Waals surface area (Å²) in [6.45, 7) is 1.64. The molecule has 0 saturated carbocycles. The van der Waals surface area contributed by atoms with E-state index in [1.807, 2.05) is 0 Å². The molecule has 1 fully saturated rings. The summed E-state index contributed by atoms with van der Waals surface area (Å²) >= 11 is 0. The van der Waals surface area contributed by atoms with Gasteiger partial charge in [-0.2, -0.15) is 0 Å². The minimum Gasteiger partial charge on any atom is -0.368 e. The molecule has 0 radical (unpaired) electrons. The number of nitrogens with two attached hydrogens (primary N) is 1. The number of non-ortho nitro benzene ring substituents is 1. The standard InChI is InChI=1S/C13H17N3O3/c14-13(17)12-2-1-8-15(12)9-7-10-3-5-11(6-4-10)16(18)19/h3-6,12H,1-2,7-9H2,(H2,14,17)/t12-/m0/s1. The maximum Gasteiger partial charge on any atom is 0.269 e. The van der Waals surface area contributed by atoms with Crippen LogP contribution in [-0.4, -0.2) is 34.9 Å². The lowest BCUT2D eigenvalue weighted by atomic mass is 10.1. The first kappa shape index (κ1) is 13.5. The molecular weight excluding hydrogens is 246 g/mol. The monoisotopic (exact) mass is 263 g/mol. The van der Waals surface area contributed by atoms with Crippen LogP contribution in [0.5, 0.6) is 0 Å². The van der Waals surface area contributed by atoms with Crippen molar-refractivity contribution in [1.29, 1.82) is 0 Å². The van der Waals surface area contributed by atoms with Crippen LogP contribution in [-0.2, 0) is 11.2 Å². The van der Waals surface area contributed by atoms with E-state index in [4.69, 9.17) is 5.73 Å². The maximum atomic E-state index is 11.2. The third-order valence-corrected chi connectivity index (χ3v) is 3.53. The van der Waals surface area contributed by atoms with Crippen molar-refractivity contribution in [2.75, 3.05) is 13.1 Å². The molecule has 1 saturated heterocycles. The Balaban J connectivity index is 1.91. The largest absolute Gasteiger partial charge is 0.368 e. The van der Waals surface area contributed by atoms with Crippen molar-refractivity contribution in [3.8, 4) is 0 Å². The van der Waals surface area contributed by atoms with Crippen LogP contribution in [0.3, 0.4) is 0 Å². The highest BCUT2D eigenvalue weighted by Crippen LogP contribution is 2.18. The number of benzene rings is 1. The molecule has 0 bridgehead atoms. The van der Waals surface area contributed by atoms with E-state index in [2.05, 4.69) is 4.90 Å². The number of carbonyl (C=O) groups is 1. The van der Waals surface area contributed by atoms with Gasteiger partial charge in [0, 0.05) is 18.7 Å². The first-order valence-corrected chi connectivity index (χ1v) is 6.34. The molecule has 6 heteroatoms. The van der Waals surface area contributed by atoms with E-state index in [1.165, 1.54) is 12.1 Å². The van der Waals surface area contributed by atoms with Gasteiger partial charge in [0.25, 0.3) is 5.69 Å². The molecule has 2 N–H and O–H groups in total. The van der Waals surface area contributed by atoms with E-state index in [1.54, 1.807) is 12.1 Å². The van der Waals surface area contributed by atoms with Gasteiger partial charge in [-0.15, -0.1) is 0 Å². The minimum atomic E-state index is -0.409. The van der Waals surface area contributed by atoms with Crippen LogP contribution in [0.15, 0.2) is 24.3 Å². The molecule has 1 atom stereocenters. The summed E-state index contributed by atoms with van der Waals surface area (Å²) in [6, 6.07) is 6.37. The number of nitro groups is 1. The van der Waals surface area contributed by atoms with Gasteiger partial charge in [0.15, 0.2) is 0 Å². The fourth-order valence-corrected chi connectivity index (χ4v) is 2.47. The van der Waals surface area contributed by atoms with Crippen LogP contribution in [0, 0.1) is 10.1 Å². The average Bonchev–Trinajstić information content (AvgIpc) is 2.85. The number of nitrogens with zero attached hydrogens (tertiary/aromatic N) is 2. The number of amides is 1.